The second kappa shape index (κ2) is 8.18. The molecule has 0 heterocycles. The van der Waals surface area contributed by atoms with E-state index in [4.69, 9.17) is 9.84 Å². The first-order valence-corrected chi connectivity index (χ1v) is 7.02. The smallest absolute Gasteiger partial charge is 0.122 e. The van der Waals surface area contributed by atoms with E-state index in [0.717, 1.165) is 38.1 Å². The number of hydrogen-bond acceptors (Lipinski definition) is 3. The lowest BCUT2D eigenvalue weighted by Gasteiger charge is -2.19. The van der Waals surface area contributed by atoms with Gasteiger partial charge in [0.2, 0.25) is 0 Å². The fourth-order valence-corrected chi connectivity index (χ4v) is 2.37. The molecule has 0 aliphatic heterocycles. The van der Waals surface area contributed by atoms with Crippen LogP contribution in [-0.2, 0) is 6.42 Å². The van der Waals surface area contributed by atoms with E-state index in [-0.39, 0.29) is 0 Å². The number of unbranched alkanes of at least 4 members (excludes halogenated alkanes) is 1. The van der Waals surface area contributed by atoms with Gasteiger partial charge in [0.05, 0.1) is 7.11 Å². The molecule has 1 aromatic carbocycles. The minimum Gasteiger partial charge on any atom is -0.496 e. The monoisotopic (exact) mass is 265 g/mol. The molecule has 3 nitrogen and oxygen atoms in total. The van der Waals surface area contributed by atoms with Gasteiger partial charge < -0.3 is 14.7 Å². The summed E-state index contributed by atoms with van der Waals surface area (Å²) in [5.74, 6) is 1.00. The third-order valence-electron chi connectivity index (χ3n) is 3.49. The van der Waals surface area contributed by atoms with Crippen molar-refractivity contribution in [2.75, 3.05) is 33.9 Å². The van der Waals surface area contributed by atoms with Crippen molar-refractivity contribution in [3.05, 3.63) is 28.8 Å². The molecule has 0 unspecified atom stereocenters. The van der Waals surface area contributed by atoms with Crippen molar-refractivity contribution in [2.45, 2.75) is 33.1 Å². The summed E-state index contributed by atoms with van der Waals surface area (Å²) in [6.07, 6.45) is 2.94. The first kappa shape index (κ1) is 16.0. The number of ether oxygens (including phenoxy) is 1. The fourth-order valence-electron chi connectivity index (χ4n) is 2.37. The third kappa shape index (κ3) is 5.21. The Morgan fingerprint density at radius 2 is 1.89 bits per heavy atom. The molecule has 0 aromatic heterocycles. The number of hydrogen-bond donors (Lipinski definition) is 1. The molecule has 108 valence electrons. The van der Waals surface area contributed by atoms with Gasteiger partial charge in [-0.15, -0.1) is 0 Å². The highest BCUT2D eigenvalue weighted by Crippen LogP contribution is 2.24. The zero-order valence-corrected chi connectivity index (χ0v) is 12.7. The molecule has 0 amide bonds. The van der Waals surface area contributed by atoms with Crippen LogP contribution in [0.15, 0.2) is 12.1 Å². The van der Waals surface area contributed by atoms with Crippen LogP contribution in [0.1, 0.15) is 29.5 Å². The highest BCUT2D eigenvalue weighted by molar-refractivity contribution is 5.43. The second-order valence-electron chi connectivity index (χ2n) is 5.25. The number of aliphatic hydroxyl groups excluding tert-OH is 1. The Morgan fingerprint density at radius 3 is 2.53 bits per heavy atom. The summed E-state index contributed by atoms with van der Waals surface area (Å²) in [5.41, 5.74) is 3.86. The fraction of sp³-hybridized carbons (Fsp3) is 0.625. The molecule has 19 heavy (non-hydrogen) atoms. The zero-order valence-electron chi connectivity index (χ0n) is 12.7. The predicted octanol–water partition coefficient (Wildman–Crippen LogP) is 2.56. The van der Waals surface area contributed by atoms with Gasteiger partial charge in [-0.2, -0.15) is 0 Å². The Balaban J connectivity index is 2.57. The van der Waals surface area contributed by atoms with Crippen LogP contribution in [0.25, 0.3) is 0 Å². The summed E-state index contributed by atoms with van der Waals surface area (Å²) < 4.78 is 5.49. The van der Waals surface area contributed by atoms with E-state index in [2.05, 4.69) is 37.9 Å². The molecule has 1 rings (SSSR count). The van der Waals surface area contributed by atoms with Crippen LogP contribution < -0.4 is 4.74 Å². The van der Waals surface area contributed by atoms with Gasteiger partial charge in [0.1, 0.15) is 5.75 Å². The maximum Gasteiger partial charge on any atom is 0.122 e. The van der Waals surface area contributed by atoms with Crippen LogP contribution in [0.5, 0.6) is 5.75 Å². The molecule has 0 aliphatic rings. The SMILES string of the molecule is COc1cc(C)cc(C)c1CCN(C)CCCCO. The predicted molar refractivity (Wildman–Crippen MR) is 80.0 cm³/mol. The molecule has 0 aliphatic carbocycles. The van der Waals surface area contributed by atoms with Crippen molar-refractivity contribution in [3.8, 4) is 5.75 Å². The lowest BCUT2D eigenvalue weighted by molar-refractivity contribution is 0.264. The summed E-state index contributed by atoms with van der Waals surface area (Å²) >= 11 is 0. The summed E-state index contributed by atoms with van der Waals surface area (Å²) in [4.78, 5) is 2.31. The van der Waals surface area contributed by atoms with E-state index in [1.807, 2.05) is 0 Å². The van der Waals surface area contributed by atoms with Crippen molar-refractivity contribution in [1.29, 1.82) is 0 Å². The molecule has 0 radical (unpaired) electrons. The van der Waals surface area contributed by atoms with Gasteiger partial charge in [0.15, 0.2) is 0 Å². The van der Waals surface area contributed by atoms with Crippen LogP contribution >= 0.6 is 0 Å². The number of aliphatic hydroxyl groups is 1. The van der Waals surface area contributed by atoms with Crippen molar-refractivity contribution in [3.63, 3.8) is 0 Å². The van der Waals surface area contributed by atoms with Gasteiger partial charge >= 0.3 is 0 Å². The molecule has 3 heteroatoms. The number of benzene rings is 1. The number of aryl methyl sites for hydroxylation is 2. The van der Waals surface area contributed by atoms with Crippen molar-refractivity contribution >= 4 is 0 Å². The molecule has 0 saturated carbocycles. The van der Waals surface area contributed by atoms with Gasteiger partial charge in [0, 0.05) is 13.2 Å². The Hall–Kier alpha value is -1.06. The summed E-state index contributed by atoms with van der Waals surface area (Å²) in [6.45, 7) is 6.59. The largest absolute Gasteiger partial charge is 0.496 e. The Kier molecular flexibility index (Phi) is 6.89. The molecule has 0 atom stereocenters. The van der Waals surface area contributed by atoms with Crippen molar-refractivity contribution in [2.24, 2.45) is 0 Å². The molecule has 0 fully saturated rings. The first-order chi connectivity index (χ1) is 9.08. The molecule has 1 aromatic rings. The van der Waals surface area contributed by atoms with E-state index in [9.17, 15) is 0 Å². The van der Waals surface area contributed by atoms with Crippen LogP contribution in [-0.4, -0.2) is 43.9 Å². The van der Waals surface area contributed by atoms with Crippen LogP contribution in [0.2, 0.25) is 0 Å². The van der Waals surface area contributed by atoms with Gasteiger partial charge in [-0.1, -0.05) is 6.07 Å². The zero-order chi connectivity index (χ0) is 14.3. The number of likely N-dealkylation sites (N-methyl/N-ethyl adjacent to an activating group) is 1. The molecule has 0 bridgehead atoms. The van der Waals surface area contributed by atoms with Crippen LogP contribution in [0.4, 0.5) is 0 Å². The minimum absolute atomic E-state index is 0.290. The average molecular weight is 265 g/mol. The normalized spacial score (nSPS) is 11.1. The van der Waals surface area contributed by atoms with Gasteiger partial charge in [-0.25, -0.2) is 0 Å². The van der Waals surface area contributed by atoms with E-state index < -0.39 is 0 Å². The Morgan fingerprint density at radius 1 is 1.16 bits per heavy atom. The maximum absolute atomic E-state index is 8.78. The molecular weight excluding hydrogens is 238 g/mol. The lowest BCUT2D eigenvalue weighted by Crippen LogP contribution is -2.23. The van der Waals surface area contributed by atoms with E-state index in [1.165, 1.54) is 16.7 Å². The second-order valence-corrected chi connectivity index (χ2v) is 5.25. The average Bonchev–Trinajstić information content (AvgIpc) is 2.37. The summed E-state index contributed by atoms with van der Waals surface area (Å²) in [7, 11) is 3.87. The summed E-state index contributed by atoms with van der Waals surface area (Å²) in [5, 5.41) is 8.78. The minimum atomic E-state index is 0.290. The van der Waals surface area contributed by atoms with Gasteiger partial charge in [-0.3, -0.25) is 0 Å². The van der Waals surface area contributed by atoms with Crippen molar-refractivity contribution < 1.29 is 9.84 Å². The Bertz CT molecular complexity index is 391. The number of methoxy groups -OCH3 is 1. The quantitative estimate of drug-likeness (QED) is 0.733. The van der Waals surface area contributed by atoms with Crippen molar-refractivity contribution in [1.82, 2.24) is 4.90 Å². The van der Waals surface area contributed by atoms with Gasteiger partial charge in [0.25, 0.3) is 0 Å². The van der Waals surface area contributed by atoms with Crippen LogP contribution in [0, 0.1) is 13.8 Å². The maximum atomic E-state index is 8.78. The standard InChI is InChI=1S/C16H27NO2/c1-13-11-14(2)15(16(12-13)19-4)7-9-17(3)8-5-6-10-18/h11-12,18H,5-10H2,1-4H3. The Labute approximate surface area is 117 Å². The topological polar surface area (TPSA) is 32.7 Å². The molecule has 0 saturated heterocycles. The molecular formula is C16H27NO2. The van der Waals surface area contributed by atoms with E-state index in [1.54, 1.807) is 7.11 Å². The van der Waals surface area contributed by atoms with Crippen LogP contribution in [0.3, 0.4) is 0 Å². The third-order valence-corrected chi connectivity index (χ3v) is 3.49. The highest BCUT2D eigenvalue weighted by Gasteiger charge is 2.08. The number of rotatable bonds is 8. The lowest BCUT2D eigenvalue weighted by atomic mass is 10.0. The van der Waals surface area contributed by atoms with E-state index in [0.29, 0.717) is 6.61 Å². The molecule has 0 spiro atoms. The van der Waals surface area contributed by atoms with E-state index >= 15 is 0 Å². The molecule has 1 N–H and O–H groups in total. The van der Waals surface area contributed by atoms with Gasteiger partial charge in [-0.05, 0) is 69.5 Å². The summed E-state index contributed by atoms with van der Waals surface area (Å²) in [6, 6.07) is 4.32. The first-order valence-electron chi connectivity index (χ1n) is 7.02. The highest BCUT2D eigenvalue weighted by atomic mass is 16.5. The number of nitrogens with zero attached hydrogens (tertiary/aromatic N) is 1.